The second kappa shape index (κ2) is 6.62. The molecule has 0 radical (unpaired) electrons. The molecule has 1 atom stereocenters. The number of nitro benzene ring substituents is 1. The first-order valence-corrected chi connectivity index (χ1v) is 7.38. The standard InChI is InChI=1S/C16H16N2O5/c19-16(17-10-11-4-3-9-22-11)15-8-7-14(23-15)12-5-1-2-6-13(12)18(20)21/h1-2,5-8,11H,3-4,9-10H2,(H,17,19). The molecule has 2 aromatic rings. The molecule has 1 aromatic heterocycles. The Morgan fingerprint density at radius 1 is 1.30 bits per heavy atom. The minimum atomic E-state index is -0.477. The van der Waals surface area contributed by atoms with E-state index in [1.54, 1.807) is 24.3 Å². The van der Waals surface area contributed by atoms with Crippen LogP contribution in [0.3, 0.4) is 0 Å². The molecule has 1 aliphatic rings. The van der Waals surface area contributed by atoms with Gasteiger partial charge in [-0.05, 0) is 31.0 Å². The molecule has 1 aliphatic heterocycles. The predicted octanol–water partition coefficient (Wildman–Crippen LogP) is 2.76. The third kappa shape index (κ3) is 3.40. The van der Waals surface area contributed by atoms with Gasteiger partial charge in [-0.1, -0.05) is 12.1 Å². The summed E-state index contributed by atoms with van der Waals surface area (Å²) in [6, 6.07) is 9.32. The molecule has 1 aromatic carbocycles. The Balaban J connectivity index is 1.72. The summed E-state index contributed by atoms with van der Waals surface area (Å²) < 4.78 is 10.9. The van der Waals surface area contributed by atoms with Crippen molar-refractivity contribution in [1.29, 1.82) is 0 Å². The number of ether oxygens (including phenoxy) is 1. The molecule has 3 rings (SSSR count). The Hall–Kier alpha value is -2.67. The molecule has 23 heavy (non-hydrogen) atoms. The molecule has 7 heteroatoms. The van der Waals surface area contributed by atoms with Crippen LogP contribution in [0.5, 0.6) is 0 Å². The summed E-state index contributed by atoms with van der Waals surface area (Å²) in [6.45, 7) is 1.16. The molecule has 1 saturated heterocycles. The van der Waals surface area contributed by atoms with Crippen molar-refractivity contribution >= 4 is 11.6 Å². The van der Waals surface area contributed by atoms with Crippen molar-refractivity contribution < 1.29 is 18.9 Å². The summed E-state index contributed by atoms with van der Waals surface area (Å²) in [5.74, 6) is 0.0565. The van der Waals surface area contributed by atoms with Crippen molar-refractivity contribution in [3.63, 3.8) is 0 Å². The summed E-state index contributed by atoms with van der Waals surface area (Å²) in [7, 11) is 0. The normalized spacial score (nSPS) is 17.1. The van der Waals surface area contributed by atoms with Gasteiger partial charge in [0.05, 0.1) is 16.6 Å². The SMILES string of the molecule is O=C(NCC1CCCO1)c1ccc(-c2ccccc2[N+](=O)[O-])o1. The first-order valence-electron chi connectivity index (χ1n) is 7.38. The Morgan fingerprint density at radius 2 is 2.13 bits per heavy atom. The number of nitrogens with zero attached hydrogens (tertiary/aromatic N) is 1. The lowest BCUT2D eigenvalue weighted by molar-refractivity contribution is -0.384. The Kier molecular flexibility index (Phi) is 4.38. The molecule has 0 aliphatic carbocycles. The molecule has 1 unspecified atom stereocenters. The molecule has 1 fully saturated rings. The van der Waals surface area contributed by atoms with Crippen LogP contribution in [0, 0.1) is 10.1 Å². The van der Waals surface area contributed by atoms with Crippen molar-refractivity contribution in [2.75, 3.05) is 13.2 Å². The largest absolute Gasteiger partial charge is 0.451 e. The molecule has 1 amide bonds. The first-order chi connectivity index (χ1) is 11.1. The summed E-state index contributed by atoms with van der Waals surface area (Å²) in [4.78, 5) is 22.6. The van der Waals surface area contributed by atoms with E-state index in [1.807, 2.05) is 0 Å². The van der Waals surface area contributed by atoms with Crippen LogP contribution < -0.4 is 5.32 Å². The van der Waals surface area contributed by atoms with Gasteiger partial charge < -0.3 is 14.5 Å². The van der Waals surface area contributed by atoms with Gasteiger partial charge in [0.1, 0.15) is 5.76 Å². The molecule has 2 heterocycles. The number of furan rings is 1. The van der Waals surface area contributed by atoms with E-state index in [0.29, 0.717) is 17.9 Å². The van der Waals surface area contributed by atoms with Gasteiger partial charge in [0.25, 0.3) is 11.6 Å². The fourth-order valence-corrected chi connectivity index (χ4v) is 2.54. The van der Waals surface area contributed by atoms with E-state index in [2.05, 4.69) is 5.32 Å². The highest BCUT2D eigenvalue weighted by Crippen LogP contribution is 2.30. The number of para-hydroxylation sites is 1. The molecular formula is C16H16N2O5. The van der Waals surface area contributed by atoms with Crippen LogP contribution in [0.15, 0.2) is 40.8 Å². The third-order valence-corrected chi connectivity index (χ3v) is 3.71. The second-order valence-corrected chi connectivity index (χ2v) is 5.28. The van der Waals surface area contributed by atoms with E-state index in [9.17, 15) is 14.9 Å². The average Bonchev–Trinajstić information content (AvgIpc) is 3.24. The summed E-state index contributed by atoms with van der Waals surface area (Å²) in [5, 5.41) is 13.8. The third-order valence-electron chi connectivity index (χ3n) is 3.71. The number of hydrogen-bond donors (Lipinski definition) is 1. The number of amides is 1. The van der Waals surface area contributed by atoms with Gasteiger partial charge in [0, 0.05) is 19.2 Å². The maximum Gasteiger partial charge on any atom is 0.287 e. The van der Waals surface area contributed by atoms with Gasteiger partial charge in [-0.2, -0.15) is 0 Å². The quantitative estimate of drug-likeness (QED) is 0.676. The number of rotatable bonds is 5. The smallest absolute Gasteiger partial charge is 0.287 e. The number of hydrogen-bond acceptors (Lipinski definition) is 5. The second-order valence-electron chi connectivity index (χ2n) is 5.28. The molecule has 120 valence electrons. The first kappa shape index (κ1) is 15.2. The number of benzene rings is 1. The molecule has 1 N–H and O–H groups in total. The van der Waals surface area contributed by atoms with E-state index in [4.69, 9.17) is 9.15 Å². The van der Waals surface area contributed by atoms with Gasteiger partial charge in [0.2, 0.25) is 0 Å². The van der Waals surface area contributed by atoms with Gasteiger partial charge in [-0.15, -0.1) is 0 Å². The zero-order valence-corrected chi connectivity index (χ0v) is 12.4. The highest BCUT2D eigenvalue weighted by molar-refractivity contribution is 5.92. The van der Waals surface area contributed by atoms with Crippen LogP contribution in [0.2, 0.25) is 0 Å². The summed E-state index contributed by atoms with van der Waals surface area (Å²) in [6.07, 6.45) is 1.98. The van der Waals surface area contributed by atoms with Gasteiger partial charge in [-0.3, -0.25) is 14.9 Å². The monoisotopic (exact) mass is 316 g/mol. The van der Waals surface area contributed by atoms with E-state index >= 15 is 0 Å². The van der Waals surface area contributed by atoms with Crippen molar-refractivity contribution in [2.45, 2.75) is 18.9 Å². The highest BCUT2D eigenvalue weighted by Gasteiger charge is 2.20. The Bertz CT molecular complexity index is 719. The van der Waals surface area contributed by atoms with Crippen molar-refractivity contribution in [1.82, 2.24) is 5.32 Å². The molecular weight excluding hydrogens is 300 g/mol. The number of nitrogens with one attached hydrogen (secondary N) is 1. The van der Waals surface area contributed by atoms with Gasteiger partial charge >= 0.3 is 0 Å². The summed E-state index contributed by atoms with van der Waals surface area (Å²) >= 11 is 0. The minimum Gasteiger partial charge on any atom is -0.451 e. The van der Waals surface area contributed by atoms with Crippen LogP contribution in [-0.4, -0.2) is 30.1 Å². The summed E-state index contributed by atoms with van der Waals surface area (Å²) in [5.41, 5.74) is 0.281. The van der Waals surface area contributed by atoms with Crippen LogP contribution in [0.4, 0.5) is 5.69 Å². The maximum absolute atomic E-state index is 12.1. The van der Waals surface area contributed by atoms with E-state index in [1.165, 1.54) is 12.1 Å². The lowest BCUT2D eigenvalue weighted by atomic mass is 10.1. The van der Waals surface area contributed by atoms with Gasteiger partial charge in [-0.25, -0.2) is 0 Å². The van der Waals surface area contributed by atoms with Crippen molar-refractivity contribution in [2.24, 2.45) is 0 Å². The number of carbonyl (C=O) groups excluding carboxylic acids is 1. The van der Waals surface area contributed by atoms with Crippen LogP contribution in [0.1, 0.15) is 23.4 Å². The minimum absolute atomic E-state index is 0.0450. The van der Waals surface area contributed by atoms with E-state index in [-0.39, 0.29) is 23.5 Å². The average molecular weight is 316 g/mol. The highest BCUT2D eigenvalue weighted by atomic mass is 16.6. The fraction of sp³-hybridized carbons (Fsp3) is 0.312. The van der Waals surface area contributed by atoms with Crippen LogP contribution in [-0.2, 0) is 4.74 Å². The Labute approximate surface area is 132 Å². The molecule has 7 nitrogen and oxygen atoms in total. The number of carbonyl (C=O) groups is 1. The maximum atomic E-state index is 12.1. The van der Waals surface area contributed by atoms with Crippen LogP contribution in [0.25, 0.3) is 11.3 Å². The molecule has 0 spiro atoms. The lowest BCUT2D eigenvalue weighted by Crippen LogP contribution is -2.31. The van der Waals surface area contributed by atoms with E-state index < -0.39 is 4.92 Å². The Morgan fingerprint density at radius 3 is 2.87 bits per heavy atom. The predicted molar refractivity (Wildman–Crippen MR) is 82.1 cm³/mol. The fourth-order valence-electron chi connectivity index (χ4n) is 2.54. The zero-order valence-electron chi connectivity index (χ0n) is 12.4. The molecule has 0 saturated carbocycles. The van der Waals surface area contributed by atoms with Crippen molar-refractivity contribution in [3.8, 4) is 11.3 Å². The van der Waals surface area contributed by atoms with Crippen molar-refractivity contribution in [3.05, 3.63) is 52.3 Å². The van der Waals surface area contributed by atoms with E-state index in [0.717, 1.165) is 19.4 Å². The molecule has 0 bridgehead atoms. The zero-order chi connectivity index (χ0) is 16.2. The van der Waals surface area contributed by atoms with Gasteiger partial charge in [0.15, 0.2) is 5.76 Å². The topological polar surface area (TPSA) is 94.6 Å². The lowest BCUT2D eigenvalue weighted by Gasteiger charge is -2.09. The van der Waals surface area contributed by atoms with Crippen LogP contribution >= 0.6 is 0 Å². The number of nitro groups is 1.